The summed E-state index contributed by atoms with van der Waals surface area (Å²) in [6, 6.07) is 9.45. The van der Waals surface area contributed by atoms with Gasteiger partial charge >= 0.3 is 11.9 Å². The number of Topliss-reactive ketones (excluding diaryl/α,β-unsaturated/α-hetero) is 1. The van der Waals surface area contributed by atoms with Crippen molar-refractivity contribution in [3.63, 3.8) is 0 Å². The summed E-state index contributed by atoms with van der Waals surface area (Å²) < 4.78 is 11.2. The first-order chi connectivity index (χ1) is 16.9. The van der Waals surface area contributed by atoms with Gasteiger partial charge in [0.2, 0.25) is 0 Å². The molecule has 0 unspecified atom stereocenters. The Hall–Kier alpha value is -3.06. The minimum atomic E-state index is -0.630. The summed E-state index contributed by atoms with van der Waals surface area (Å²) in [6.45, 7) is 1.79. The maximum atomic E-state index is 13.3. The lowest BCUT2D eigenvalue weighted by Gasteiger charge is -2.27. The number of phenols is 1. The molecule has 2 atom stereocenters. The molecule has 0 radical (unpaired) electrons. The standard InChI is InChI=1S/C28H30O6S/c1-17-7-6-10-20(29)9-5-3-4-8-19-15-23-26(27(31)25(19)28(32)33-17)22(16-24(30)34-23)18-11-13-21(35-2)14-12-18/h4,8,11-15,17,22,31H,3,5-7,9-10,16H2,1-2H3/t17-,22-/m1/s1. The molecule has 0 fully saturated rings. The minimum absolute atomic E-state index is 0.0628. The normalized spacial score (nSPS) is 21.4. The highest BCUT2D eigenvalue weighted by molar-refractivity contribution is 7.98. The molecule has 2 heterocycles. The van der Waals surface area contributed by atoms with E-state index in [0.29, 0.717) is 49.7 Å². The van der Waals surface area contributed by atoms with Crippen molar-refractivity contribution in [2.75, 3.05) is 6.26 Å². The molecule has 0 saturated carbocycles. The van der Waals surface area contributed by atoms with Crippen LogP contribution in [0.3, 0.4) is 0 Å². The molecule has 0 spiro atoms. The Kier molecular flexibility index (Phi) is 7.96. The Labute approximate surface area is 209 Å². The third-order valence-electron chi connectivity index (χ3n) is 6.50. The Morgan fingerprint density at radius 3 is 2.54 bits per heavy atom. The summed E-state index contributed by atoms with van der Waals surface area (Å²) in [5.74, 6) is -1.22. The van der Waals surface area contributed by atoms with E-state index in [0.717, 1.165) is 10.5 Å². The van der Waals surface area contributed by atoms with Gasteiger partial charge in [0.15, 0.2) is 0 Å². The van der Waals surface area contributed by atoms with Crippen molar-refractivity contribution in [1.82, 2.24) is 0 Å². The number of rotatable bonds is 2. The largest absolute Gasteiger partial charge is 0.507 e. The number of allylic oxidation sites excluding steroid dienone is 1. The fourth-order valence-electron chi connectivity index (χ4n) is 4.64. The molecule has 7 heteroatoms. The van der Waals surface area contributed by atoms with E-state index in [9.17, 15) is 19.5 Å². The number of esters is 2. The lowest BCUT2D eigenvalue weighted by Crippen LogP contribution is -2.23. The number of aromatic hydroxyl groups is 1. The number of hydrogen-bond donors (Lipinski definition) is 1. The van der Waals surface area contributed by atoms with Gasteiger partial charge in [0, 0.05) is 29.2 Å². The second-order valence-electron chi connectivity index (χ2n) is 9.05. The van der Waals surface area contributed by atoms with E-state index in [-0.39, 0.29) is 29.3 Å². The second kappa shape index (κ2) is 11.1. The molecule has 1 N–H and O–H groups in total. The first kappa shape index (κ1) is 25.0. The van der Waals surface area contributed by atoms with E-state index in [1.165, 1.54) is 0 Å². The number of hydrogen-bond acceptors (Lipinski definition) is 7. The van der Waals surface area contributed by atoms with E-state index in [4.69, 9.17) is 9.47 Å². The highest BCUT2D eigenvalue weighted by atomic mass is 32.2. The zero-order valence-electron chi connectivity index (χ0n) is 20.0. The average molecular weight is 495 g/mol. The van der Waals surface area contributed by atoms with Crippen molar-refractivity contribution < 1.29 is 29.0 Å². The molecule has 0 bridgehead atoms. The number of cyclic esters (lactones) is 1. The minimum Gasteiger partial charge on any atom is -0.507 e. The lowest BCUT2D eigenvalue weighted by atomic mass is 9.83. The van der Waals surface area contributed by atoms with Crippen LogP contribution in [0.15, 0.2) is 41.3 Å². The molecular formula is C28H30O6S. The van der Waals surface area contributed by atoms with Gasteiger partial charge in [-0.25, -0.2) is 4.79 Å². The second-order valence-corrected chi connectivity index (χ2v) is 9.93. The van der Waals surface area contributed by atoms with Crippen molar-refractivity contribution in [3.05, 3.63) is 58.7 Å². The number of benzene rings is 2. The topological polar surface area (TPSA) is 89.9 Å². The number of ketones is 1. The molecule has 184 valence electrons. The highest BCUT2D eigenvalue weighted by Crippen LogP contribution is 2.47. The highest BCUT2D eigenvalue weighted by Gasteiger charge is 2.35. The number of thioether (sulfide) groups is 1. The van der Waals surface area contributed by atoms with E-state index in [2.05, 4.69) is 0 Å². The van der Waals surface area contributed by atoms with Crippen LogP contribution in [0.25, 0.3) is 6.08 Å². The van der Waals surface area contributed by atoms with Crippen molar-refractivity contribution in [2.24, 2.45) is 0 Å². The first-order valence-electron chi connectivity index (χ1n) is 12.0. The van der Waals surface area contributed by atoms with Gasteiger partial charge in [0.25, 0.3) is 0 Å². The van der Waals surface area contributed by atoms with E-state index in [1.54, 1.807) is 30.8 Å². The predicted octanol–water partition coefficient (Wildman–Crippen LogP) is 6.04. The van der Waals surface area contributed by atoms with Crippen LogP contribution in [0.2, 0.25) is 0 Å². The Balaban J connectivity index is 1.79. The Bertz CT molecular complexity index is 1150. The van der Waals surface area contributed by atoms with Gasteiger partial charge in [0.1, 0.15) is 22.8 Å². The van der Waals surface area contributed by atoms with Crippen molar-refractivity contribution in [1.29, 1.82) is 0 Å². The molecule has 35 heavy (non-hydrogen) atoms. The molecule has 0 aliphatic carbocycles. The molecule has 2 aromatic carbocycles. The molecule has 6 nitrogen and oxygen atoms in total. The zero-order valence-corrected chi connectivity index (χ0v) is 20.9. The summed E-state index contributed by atoms with van der Waals surface area (Å²) in [5, 5.41) is 11.4. The Morgan fingerprint density at radius 1 is 1.06 bits per heavy atom. The summed E-state index contributed by atoms with van der Waals surface area (Å²) in [7, 11) is 0. The van der Waals surface area contributed by atoms with Crippen LogP contribution < -0.4 is 4.74 Å². The smallest absolute Gasteiger partial charge is 0.342 e. The van der Waals surface area contributed by atoms with E-state index < -0.39 is 24.0 Å². The van der Waals surface area contributed by atoms with Crippen LogP contribution in [0, 0.1) is 0 Å². The van der Waals surface area contributed by atoms with Crippen LogP contribution >= 0.6 is 11.8 Å². The maximum absolute atomic E-state index is 13.3. The molecule has 2 aromatic rings. The van der Waals surface area contributed by atoms with Crippen molar-refractivity contribution >= 4 is 35.6 Å². The summed E-state index contributed by atoms with van der Waals surface area (Å²) in [6.07, 6.45) is 8.80. The van der Waals surface area contributed by atoms with Crippen LogP contribution in [0.5, 0.6) is 11.5 Å². The summed E-state index contributed by atoms with van der Waals surface area (Å²) in [5.41, 5.74) is 1.78. The molecule has 2 aliphatic heterocycles. The lowest BCUT2D eigenvalue weighted by molar-refractivity contribution is -0.135. The summed E-state index contributed by atoms with van der Waals surface area (Å²) in [4.78, 5) is 38.8. The van der Waals surface area contributed by atoms with Crippen LogP contribution in [-0.4, -0.2) is 35.2 Å². The van der Waals surface area contributed by atoms with Gasteiger partial charge in [-0.15, -0.1) is 11.8 Å². The molecule has 0 amide bonds. The fourth-order valence-corrected chi connectivity index (χ4v) is 5.05. The van der Waals surface area contributed by atoms with Gasteiger partial charge in [-0.1, -0.05) is 24.3 Å². The van der Waals surface area contributed by atoms with Crippen molar-refractivity contribution in [2.45, 2.75) is 68.8 Å². The predicted molar refractivity (Wildman–Crippen MR) is 135 cm³/mol. The van der Waals surface area contributed by atoms with Crippen LogP contribution in [-0.2, 0) is 14.3 Å². The third kappa shape index (κ3) is 5.78. The number of carbonyl (C=O) groups is 3. The molecule has 2 aliphatic rings. The molecule has 0 saturated heterocycles. The quantitative estimate of drug-likeness (QED) is 0.309. The van der Waals surface area contributed by atoms with Gasteiger partial charge < -0.3 is 14.6 Å². The Morgan fingerprint density at radius 2 is 1.80 bits per heavy atom. The number of carbonyl (C=O) groups excluding carboxylic acids is 3. The maximum Gasteiger partial charge on any atom is 0.342 e. The number of fused-ring (bicyclic) bond motifs is 2. The average Bonchev–Trinajstić information content (AvgIpc) is 2.82. The molecular weight excluding hydrogens is 464 g/mol. The molecule has 0 aromatic heterocycles. The monoisotopic (exact) mass is 494 g/mol. The van der Waals surface area contributed by atoms with Crippen LogP contribution in [0.1, 0.15) is 84.8 Å². The van der Waals surface area contributed by atoms with E-state index in [1.807, 2.05) is 36.6 Å². The molecule has 4 rings (SSSR count). The number of ether oxygens (including phenoxy) is 2. The van der Waals surface area contributed by atoms with Gasteiger partial charge in [-0.3, -0.25) is 9.59 Å². The van der Waals surface area contributed by atoms with Gasteiger partial charge in [-0.05, 0) is 68.2 Å². The third-order valence-corrected chi connectivity index (χ3v) is 7.24. The van der Waals surface area contributed by atoms with Crippen LogP contribution in [0.4, 0.5) is 0 Å². The SMILES string of the molecule is CSc1ccc([C@H]2CC(=O)Oc3cc4c(c(O)c32)C(=O)O[C@H](C)CCCC(=O)CCCC=C4)cc1. The van der Waals surface area contributed by atoms with Gasteiger partial charge in [0.05, 0.1) is 12.5 Å². The first-order valence-corrected chi connectivity index (χ1v) is 13.2. The van der Waals surface area contributed by atoms with E-state index >= 15 is 0 Å². The zero-order chi connectivity index (χ0) is 24.9. The number of phenolic OH excluding ortho intramolecular Hbond substituents is 1. The summed E-state index contributed by atoms with van der Waals surface area (Å²) >= 11 is 1.62. The van der Waals surface area contributed by atoms with Gasteiger partial charge in [-0.2, -0.15) is 0 Å². The van der Waals surface area contributed by atoms with Crippen molar-refractivity contribution in [3.8, 4) is 11.5 Å². The fraction of sp³-hybridized carbons (Fsp3) is 0.393.